The van der Waals surface area contributed by atoms with E-state index in [1.165, 1.54) is 0 Å². The molecule has 0 aliphatic carbocycles. The molecular weight excluding hydrogens is 244 g/mol. The number of alkyl halides is 2. The molecule has 0 radical (unpaired) electrons. The van der Waals surface area contributed by atoms with Gasteiger partial charge in [0, 0.05) is 30.3 Å². The molecule has 0 saturated heterocycles. The highest BCUT2D eigenvalue weighted by molar-refractivity contribution is 7.99. The van der Waals surface area contributed by atoms with Gasteiger partial charge in [0.2, 0.25) is 0 Å². The van der Waals surface area contributed by atoms with Gasteiger partial charge in [-0.25, -0.2) is 0 Å². The lowest BCUT2D eigenvalue weighted by atomic mass is 10.3. The van der Waals surface area contributed by atoms with Crippen LogP contribution in [0.3, 0.4) is 0 Å². The van der Waals surface area contributed by atoms with E-state index >= 15 is 0 Å². The SMILES string of the molecule is CCOCCCNc1ccccc1SC(F)F. The summed E-state index contributed by atoms with van der Waals surface area (Å²) in [6.45, 7) is 4.06. The van der Waals surface area contributed by atoms with Crippen molar-refractivity contribution in [2.45, 2.75) is 24.0 Å². The summed E-state index contributed by atoms with van der Waals surface area (Å²) in [4.78, 5) is 0.582. The van der Waals surface area contributed by atoms with Gasteiger partial charge in [-0.05, 0) is 25.5 Å². The molecule has 1 N–H and O–H groups in total. The van der Waals surface area contributed by atoms with Crippen molar-refractivity contribution in [3.8, 4) is 0 Å². The molecular formula is C12H17F2NOS. The van der Waals surface area contributed by atoms with Crippen LogP contribution < -0.4 is 5.32 Å². The Hall–Kier alpha value is -0.810. The monoisotopic (exact) mass is 261 g/mol. The van der Waals surface area contributed by atoms with Crippen LogP contribution in [-0.2, 0) is 4.74 Å². The van der Waals surface area contributed by atoms with Crippen molar-refractivity contribution in [1.82, 2.24) is 0 Å². The third kappa shape index (κ3) is 5.89. The van der Waals surface area contributed by atoms with E-state index in [0.29, 0.717) is 29.9 Å². The molecule has 1 rings (SSSR count). The van der Waals surface area contributed by atoms with Crippen molar-refractivity contribution in [3.05, 3.63) is 24.3 Å². The van der Waals surface area contributed by atoms with Crippen LogP contribution in [0.4, 0.5) is 14.5 Å². The van der Waals surface area contributed by atoms with Crippen LogP contribution in [0.1, 0.15) is 13.3 Å². The molecule has 0 aromatic heterocycles. The summed E-state index contributed by atoms with van der Waals surface area (Å²) in [6, 6.07) is 7.10. The molecule has 1 aromatic rings. The van der Waals surface area contributed by atoms with E-state index in [1.54, 1.807) is 12.1 Å². The first-order valence-electron chi connectivity index (χ1n) is 5.59. The molecule has 0 amide bonds. The van der Waals surface area contributed by atoms with E-state index in [0.717, 1.165) is 18.7 Å². The number of benzene rings is 1. The number of hydrogen-bond acceptors (Lipinski definition) is 3. The summed E-state index contributed by atoms with van der Waals surface area (Å²) in [7, 11) is 0. The van der Waals surface area contributed by atoms with Gasteiger partial charge in [-0.1, -0.05) is 23.9 Å². The lowest BCUT2D eigenvalue weighted by Crippen LogP contribution is -2.06. The highest BCUT2D eigenvalue weighted by Gasteiger charge is 2.08. The van der Waals surface area contributed by atoms with Crippen LogP contribution >= 0.6 is 11.8 Å². The van der Waals surface area contributed by atoms with Crippen molar-refractivity contribution in [1.29, 1.82) is 0 Å². The van der Waals surface area contributed by atoms with Gasteiger partial charge in [0.15, 0.2) is 0 Å². The zero-order valence-corrected chi connectivity index (χ0v) is 10.6. The zero-order valence-electron chi connectivity index (χ0n) is 9.79. The predicted octanol–water partition coefficient (Wildman–Crippen LogP) is 3.84. The number of para-hydroxylation sites is 1. The summed E-state index contributed by atoms with van der Waals surface area (Å²) < 4.78 is 29.8. The van der Waals surface area contributed by atoms with Crippen LogP contribution in [0.15, 0.2) is 29.2 Å². The second-order valence-electron chi connectivity index (χ2n) is 3.35. The Morgan fingerprint density at radius 1 is 1.35 bits per heavy atom. The minimum atomic E-state index is -2.39. The summed E-state index contributed by atoms with van der Waals surface area (Å²) in [6.07, 6.45) is 0.863. The molecule has 2 nitrogen and oxygen atoms in total. The maximum absolute atomic E-state index is 12.3. The number of ether oxygens (including phenoxy) is 1. The van der Waals surface area contributed by atoms with Gasteiger partial charge in [0.1, 0.15) is 0 Å². The lowest BCUT2D eigenvalue weighted by Gasteiger charge is -2.11. The predicted molar refractivity (Wildman–Crippen MR) is 67.9 cm³/mol. The van der Waals surface area contributed by atoms with Crippen molar-refractivity contribution < 1.29 is 13.5 Å². The lowest BCUT2D eigenvalue weighted by molar-refractivity contribution is 0.147. The highest BCUT2D eigenvalue weighted by Crippen LogP contribution is 2.31. The number of nitrogens with one attached hydrogen (secondary N) is 1. The van der Waals surface area contributed by atoms with Gasteiger partial charge in [-0.2, -0.15) is 8.78 Å². The summed E-state index contributed by atoms with van der Waals surface area (Å²) >= 11 is 0.566. The topological polar surface area (TPSA) is 21.3 Å². The second kappa shape index (κ2) is 8.31. The molecule has 0 heterocycles. The molecule has 0 atom stereocenters. The van der Waals surface area contributed by atoms with Gasteiger partial charge in [-0.3, -0.25) is 0 Å². The first kappa shape index (κ1) is 14.3. The third-order valence-electron chi connectivity index (χ3n) is 2.09. The van der Waals surface area contributed by atoms with Crippen molar-refractivity contribution in [3.63, 3.8) is 0 Å². The minimum Gasteiger partial charge on any atom is -0.384 e. The Morgan fingerprint density at radius 3 is 2.82 bits per heavy atom. The molecule has 0 aliphatic heterocycles. The average molecular weight is 261 g/mol. The van der Waals surface area contributed by atoms with Crippen molar-refractivity contribution in [2.24, 2.45) is 0 Å². The van der Waals surface area contributed by atoms with Crippen LogP contribution in [0.25, 0.3) is 0 Å². The first-order chi connectivity index (χ1) is 8.24. The van der Waals surface area contributed by atoms with E-state index in [2.05, 4.69) is 5.32 Å². The van der Waals surface area contributed by atoms with Gasteiger partial charge in [0.25, 0.3) is 5.76 Å². The van der Waals surface area contributed by atoms with Gasteiger partial charge < -0.3 is 10.1 Å². The Bertz CT molecular complexity index is 323. The van der Waals surface area contributed by atoms with Crippen molar-refractivity contribution in [2.75, 3.05) is 25.1 Å². The number of hydrogen-bond donors (Lipinski definition) is 1. The molecule has 0 fully saturated rings. The maximum Gasteiger partial charge on any atom is 0.288 e. The molecule has 0 unspecified atom stereocenters. The van der Waals surface area contributed by atoms with E-state index in [-0.39, 0.29) is 0 Å². The summed E-state index contributed by atoms with van der Waals surface area (Å²) in [5, 5.41) is 3.14. The molecule has 96 valence electrons. The zero-order chi connectivity index (χ0) is 12.5. The van der Waals surface area contributed by atoms with Gasteiger partial charge in [-0.15, -0.1) is 0 Å². The molecule has 1 aromatic carbocycles. The van der Waals surface area contributed by atoms with Gasteiger partial charge in [0.05, 0.1) is 0 Å². The molecule has 0 saturated carbocycles. The quantitative estimate of drug-likeness (QED) is 0.567. The second-order valence-corrected chi connectivity index (χ2v) is 4.38. The molecule has 5 heteroatoms. The smallest absolute Gasteiger partial charge is 0.288 e. The number of anilines is 1. The maximum atomic E-state index is 12.3. The minimum absolute atomic E-state index is 0.566. The Kier molecular flexibility index (Phi) is 6.96. The van der Waals surface area contributed by atoms with E-state index in [1.807, 2.05) is 19.1 Å². The Balaban J connectivity index is 2.40. The van der Waals surface area contributed by atoms with Crippen LogP contribution in [0.5, 0.6) is 0 Å². The van der Waals surface area contributed by atoms with Crippen LogP contribution in [0.2, 0.25) is 0 Å². The fraction of sp³-hybridized carbons (Fsp3) is 0.500. The average Bonchev–Trinajstić information content (AvgIpc) is 2.30. The summed E-state index contributed by atoms with van der Waals surface area (Å²) in [5.41, 5.74) is 0.759. The van der Waals surface area contributed by atoms with Crippen LogP contribution in [0, 0.1) is 0 Å². The number of rotatable bonds is 8. The van der Waals surface area contributed by atoms with E-state index in [9.17, 15) is 8.78 Å². The van der Waals surface area contributed by atoms with Gasteiger partial charge >= 0.3 is 0 Å². The third-order valence-corrected chi connectivity index (χ3v) is 2.88. The number of halogens is 2. The molecule has 0 spiro atoms. The van der Waals surface area contributed by atoms with Crippen molar-refractivity contribution >= 4 is 17.4 Å². The fourth-order valence-corrected chi connectivity index (χ4v) is 1.97. The Morgan fingerprint density at radius 2 is 2.12 bits per heavy atom. The van der Waals surface area contributed by atoms with E-state index in [4.69, 9.17) is 4.74 Å². The largest absolute Gasteiger partial charge is 0.384 e. The molecule has 0 bridgehead atoms. The fourth-order valence-electron chi connectivity index (χ4n) is 1.35. The highest BCUT2D eigenvalue weighted by atomic mass is 32.2. The molecule has 17 heavy (non-hydrogen) atoms. The Labute approximate surface area is 105 Å². The normalized spacial score (nSPS) is 10.8. The molecule has 0 aliphatic rings. The van der Waals surface area contributed by atoms with E-state index < -0.39 is 5.76 Å². The van der Waals surface area contributed by atoms with Crippen LogP contribution in [-0.4, -0.2) is 25.5 Å². The summed E-state index contributed by atoms with van der Waals surface area (Å²) in [5.74, 6) is -2.39. The first-order valence-corrected chi connectivity index (χ1v) is 6.47. The standard InChI is InChI=1S/C12H17F2NOS/c1-2-16-9-5-8-15-10-6-3-4-7-11(10)17-12(13)14/h3-4,6-7,12,15H,2,5,8-9H2,1H3. The number of thioether (sulfide) groups is 1.